The van der Waals surface area contributed by atoms with Crippen LogP contribution < -0.4 is 20.1 Å². The number of hydrogen-bond acceptors (Lipinski definition) is 4. The van der Waals surface area contributed by atoms with E-state index in [1.165, 1.54) is 6.92 Å². The molecular weight excluding hydrogens is 344 g/mol. The number of amides is 2. The largest absolute Gasteiger partial charge is 0.493 e. The van der Waals surface area contributed by atoms with E-state index >= 15 is 0 Å². The molecule has 6 nitrogen and oxygen atoms in total. The molecule has 2 aromatic rings. The number of aryl methyl sites for hydroxylation is 1. The van der Waals surface area contributed by atoms with Gasteiger partial charge in [0.25, 0.3) is 0 Å². The highest BCUT2D eigenvalue weighted by Gasteiger charge is 2.18. The molecule has 0 aliphatic carbocycles. The Hall–Kier alpha value is -3.02. The average molecular weight is 370 g/mol. The van der Waals surface area contributed by atoms with Crippen LogP contribution in [0.25, 0.3) is 0 Å². The molecule has 0 fully saturated rings. The van der Waals surface area contributed by atoms with Crippen molar-refractivity contribution < 1.29 is 19.1 Å². The van der Waals surface area contributed by atoms with Crippen molar-refractivity contribution in [1.82, 2.24) is 10.6 Å². The van der Waals surface area contributed by atoms with Crippen molar-refractivity contribution in [3.8, 4) is 11.5 Å². The quantitative estimate of drug-likeness (QED) is 0.749. The minimum Gasteiger partial charge on any atom is -0.493 e. The monoisotopic (exact) mass is 370 g/mol. The molecule has 2 amide bonds. The number of rotatable bonds is 8. The number of ether oxygens (including phenoxy) is 2. The molecule has 0 aliphatic rings. The smallest absolute Gasteiger partial charge is 0.222 e. The zero-order valence-corrected chi connectivity index (χ0v) is 16.2. The maximum absolute atomic E-state index is 12.5. The highest BCUT2D eigenvalue weighted by Crippen LogP contribution is 2.30. The maximum atomic E-state index is 12.5. The van der Waals surface area contributed by atoms with E-state index in [-0.39, 0.29) is 24.3 Å². The van der Waals surface area contributed by atoms with Crippen molar-refractivity contribution in [2.75, 3.05) is 14.2 Å². The molecule has 144 valence electrons. The number of hydrogen-bond donors (Lipinski definition) is 2. The number of nitrogens with one attached hydrogen (secondary N) is 2. The Bertz CT molecular complexity index is 787. The zero-order valence-electron chi connectivity index (χ0n) is 16.2. The Morgan fingerprint density at radius 1 is 1.04 bits per heavy atom. The Labute approximate surface area is 159 Å². The predicted octanol–water partition coefficient (Wildman–Crippen LogP) is 2.90. The Kier molecular flexibility index (Phi) is 7.23. The average Bonchev–Trinajstić information content (AvgIpc) is 2.65. The van der Waals surface area contributed by atoms with Crippen LogP contribution in [0.4, 0.5) is 0 Å². The van der Waals surface area contributed by atoms with Crippen LogP contribution in [0.3, 0.4) is 0 Å². The molecule has 0 spiro atoms. The van der Waals surface area contributed by atoms with Gasteiger partial charge < -0.3 is 20.1 Å². The number of carbonyl (C=O) groups excluding carboxylic acids is 2. The van der Waals surface area contributed by atoms with Crippen molar-refractivity contribution >= 4 is 11.8 Å². The predicted molar refractivity (Wildman–Crippen MR) is 104 cm³/mol. The molecule has 2 rings (SSSR count). The molecule has 0 aliphatic heterocycles. The van der Waals surface area contributed by atoms with E-state index in [1.807, 2.05) is 43.3 Å². The van der Waals surface area contributed by atoms with Gasteiger partial charge in [0.2, 0.25) is 11.8 Å². The Balaban J connectivity index is 2.06. The Morgan fingerprint density at radius 2 is 1.74 bits per heavy atom. The lowest BCUT2D eigenvalue weighted by Crippen LogP contribution is -2.32. The van der Waals surface area contributed by atoms with Crippen LogP contribution >= 0.6 is 0 Å². The van der Waals surface area contributed by atoms with Crippen LogP contribution in [-0.2, 0) is 16.1 Å². The van der Waals surface area contributed by atoms with Crippen molar-refractivity contribution in [1.29, 1.82) is 0 Å². The van der Waals surface area contributed by atoms with Gasteiger partial charge in [-0.15, -0.1) is 0 Å². The third-order valence-corrected chi connectivity index (χ3v) is 4.21. The van der Waals surface area contributed by atoms with Crippen LogP contribution in [-0.4, -0.2) is 26.0 Å². The molecule has 0 aromatic heterocycles. The second kappa shape index (κ2) is 9.62. The van der Waals surface area contributed by atoms with E-state index in [0.29, 0.717) is 18.0 Å². The Morgan fingerprint density at radius 3 is 2.33 bits per heavy atom. The molecule has 0 radical (unpaired) electrons. The minimum absolute atomic E-state index is 0.148. The molecule has 1 unspecified atom stereocenters. The molecule has 0 saturated carbocycles. The highest BCUT2D eigenvalue weighted by molar-refractivity contribution is 5.79. The molecule has 6 heteroatoms. The molecule has 0 heterocycles. The number of benzene rings is 2. The summed E-state index contributed by atoms with van der Waals surface area (Å²) in [5.74, 6) is 0.860. The lowest BCUT2D eigenvalue weighted by molar-refractivity contribution is -0.122. The van der Waals surface area contributed by atoms with Gasteiger partial charge in [0.05, 0.1) is 26.7 Å². The molecule has 0 bridgehead atoms. The zero-order chi connectivity index (χ0) is 19.8. The number of methoxy groups -OCH3 is 2. The third-order valence-electron chi connectivity index (χ3n) is 4.21. The maximum Gasteiger partial charge on any atom is 0.222 e. The van der Waals surface area contributed by atoms with Gasteiger partial charge in [-0.2, -0.15) is 0 Å². The lowest BCUT2D eigenvalue weighted by Gasteiger charge is -2.19. The summed E-state index contributed by atoms with van der Waals surface area (Å²) >= 11 is 0. The summed E-state index contributed by atoms with van der Waals surface area (Å²) in [6, 6.07) is 12.9. The van der Waals surface area contributed by atoms with Gasteiger partial charge >= 0.3 is 0 Å². The first kappa shape index (κ1) is 20.3. The van der Waals surface area contributed by atoms with Gasteiger partial charge in [0, 0.05) is 19.0 Å². The third kappa shape index (κ3) is 5.74. The number of para-hydroxylation sites is 1. The second-order valence-corrected chi connectivity index (χ2v) is 6.30. The molecule has 27 heavy (non-hydrogen) atoms. The van der Waals surface area contributed by atoms with Crippen LogP contribution in [0.1, 0.15) is 36.1 Å². The first-order valence-corrected chi connectivity index (χ1v) is 8.74. The molecule has 1 atom stereocenters. The summed E-state index contributed by atoms with van der Waals surface area (Å²) in [6.45, 7) is 3.74. The van der Waals surface area contributed by atoms with Crippen LogP contribution in [0, 0.1) is 6.92 Å². The van der Waals surface area contributed by atoms with E-state index < -0.39 is 0 Å². The normalized spacial score (nSPS) is 11.4. The van der Waals surface area contributed by atoms with E-state index in [0.717, 1.165) is 16.7 Å². The molecule has 2 aromatic carbocycles. The topological polar surface area (TPSA) is 76.7 Å². The molecular formula is C21H26N2O4. The summed E-state index contributed by atoms with van der Waals surface area (Å²) in [5, 5.41) is 5.73. The standard InChI is InChI=1S/C21H26N2O4/c1-14-8-10-16(11-9-14)18(23-15(2)24)12-20(25)22-13-17-6-5-7-19(26-3)21(17)27-4/h5-11,18H,12-13H2,1-4H3,(H,22,25)(H,23,24). The lowest BCUT2D eigenvalue weighted by atomic mass is 10.0. The van der Waals surface area contributed by atoms with Gasteiger partial charge in [-0.05, 0) is 18.6 Å². The van der Waals surface area contributed by atoms with Crippen molar-refractivity contribution in [2.45, 2.75) is 32.9 Å². The van der Waals surface area contributed by atoms with E-state index in [4.69, 9.17) is 9.47 Å². The van der Waals surface area contributed by atoms with Gasteiger partial charge in [-0.3, -0.25) is 9.59 Å². The SMILES string of the molecule is COc1cccc(CNC(=O)CC(NC(C)=O)c2ccc(C)cc2)c1OC. The fourth-order valence-corrected chi connectivity index (χ4v) is 2.84. The van der Waals surface area contributed by atoms with Crippen LogP contribution in [0.5, 0.6) is 11.5 Å². The van der Waals surface area contributed by atoms with Gasteiger partial charge in [-0.1, -0.05) is 42.0 Å². The fraction of sp³-hybridized carbons (Fsp3) is 0.333. The van der Waals surface area contributed by atoms with Gasteiger partial charge in [-0.25, -0.2) is 0 Å². The minimum atomic E-state index is -0.379. The summed E-state index contributed by atoms with van der Waals surface area (Å²) in [5.41, 5.74) is 2.83. The van der Waals surface area contributed by atoms with Crippen molar-refractivity contribution in [3.05, 3.63) is 59.2 Å². The molecule has 2 N–H and O–H groups in total. The number of carbonyl (C=O) groups is 2. The fourth-order valence-electron chi connectivity index (χ4n) is 2.84. The second-order valence-electron chi connectivity index (χ2n) is 6.30. The first-order valence-electron chi connectivity index (χ1n) is 8.74. The molecule has 0 saturated heterocycles. The van der Waals surface area contributed by atoms with Crippen LogP contribution in [0.2, 0.25) is 0 Å². The summed E-state index contributed by atoms with van der Waals surface area (Å²) in [6.07, 6.45) is 0.148. The summed E-state index contributed by atoms with van der Waals surface area (Å²) < 4.78 is 10.7. The van der Waals surface area contributed by atoms with Crippen molar-refractivity contribution in [3.63, 3.8) is 0 Å². The van der Waals surface area contributed by atoms with E-state index in [9.17, 15) is 9.59 Å². The van der Waals surface area contributed by atoms with Crippen molar-refractivity contribution in [2.24, 2.45) is 0 Å². The highest BCUT2D eigenvalue weighted by atomic mass is 16.5. The van der Waals surface area contributed by atoms with E-state index in [2.05, 4.69) is 10.6 Å². The first-order chi connectivity index (χ1) is 12.9. The van der Waals surface area contributed by atoms with Gasteiger partial charge in [0.15, 0.2) is 11.5 Å². The summed E-state index contributed by atoms with van der Waals surface area (Å²) in [7, 11) is 3.13. The van der Waals surface area contributed by atoms with Crippen LogP contribution in [0.15, 0.2) is 42.5 Å². The summed E-state index contributed by atoms with van der Waals surface area (Å²) in [4.78, 5) is 24.0. The van der Waals surface area contributed by atoms with Gasteiger partial charge in [0.1, 0.15) is 0 Å². The van der Waals surface area contributed by atoms with E-state index in [1.54, 1.807) is 20.3 Å².